The summed E-state index contributed by atoms with van der Waals surface area (Å²) in [6.45, 7) is 1.29. The molecule has 0 aliphatic heterocycles. The highest BCUT2D eigenvalue weighted by molar-refractivity contribution is 6.33. The van der Waals surface area contributed by atoms with Gasteiger partial charge >= 0.3 is 12.1 Å². The lowest BCUT2D eigenvalue weighted by molar-refractivity contribution is -0.140. The maximum absolute atomic E-state index is 13.0. The molecule has 9 heteroatoms. The summed E-state index contributed by atoms with van der Waals surface area (Å²) in [7, 11) is 1.20. The number of anilines is 1. The van der Waals surface area contributed by atoms with Crippen LogP contribution >= 0.6 is 11.6 Å². The smallest absolute Gasteiger partial charge is 0.419 e. The molecule has 0 aliphatic carbocycles. The van der Waals surface area contributed by atoms with Crippen LogP contribution in [0.25, 0.3) is 0 Å². The lowest BCUT2D eigenvalue weighted by Gasteiger charge is -2.18. The Kier molecular flexibility index (Phi) is 6.32. The minimum atomic E-state index is -4.62. The van der Waals surface area contributed by atoms with Crippen LogP contribution in [0.5, 0.6) is 5.75 Å². The van der Waals surface area contributed by atoms with Gasteiger partial charge in [-0.1, -0.05) is 23.7 Å². The topological polar surface area (TPSA) is 64.6 Å². The lowest BCUT2D eigenvalue weighted by atomic mass is 10.2. The molecular weight excluding hydrogens is 387 g/mol. The van der Waals surface area contributed by atoms with Crippen molar-refractivity contribution < 1.29 is 32.2 Å². The molecule has 0 spiro atoms. The first-order chi connectivity index (χ1) is 12.6. The number of esters is 1. The van der Waals surface area contributed by atoms with Crippen LogP contribution in [0.2, 0.25) is 5.02 Å². The van der Waals surface area contributed by atoms with Gasteiger partial charge < -0.3 is 14.8 Å². The summed E-state index contributed by atoms with van der Waals surface area (Å²) in [5.74, 6) is -1.84. The van der Waals surface area contributed by atoms with Gasteiger partial charge in [0, 0.05) is 0 Å². The number of carbonyl (C=O) groups is 2. The van der Waals surface area contributed by atoms with Gasteiger partial charge in [-0.25, -0.2) is 4.79 Å². The number of hydrogen-bond acceptors (Lipinski definition) is 4. The third kappa shape index (κ3) is 5.13. The van der Waals surface area contributed by atoms with Crippen LogP contribution in [0.3, 0.4) is 0 Å². The number of carbonyl (C=O) groups excluding carboxylic acids is 2. The molecule has 2 aromatic carbocycles. The summed E-state index contributed by atoms with van der Waals surface area (Å²) in [6, 6.07) is 8.65. The molecule has 0 radical (unpaired) electrons. The molecule has 0 aliphatic rings. The zero-order valence-electron chi connectivity index (χ0n) is 14.3. The summed E-state index contributed by atoms with van der Waals surface area (Å²) in [4.78, 5) is 23.8. The molecule has 0 saturated heterocycles. The Labute approximate surface area is 158 Å². The van der Waals surface area contributed by atoms with E-state index in [1.807, 2.05) is 0 Å². The number of benzene rings is 2. The number of rotatable bonds is 5. The van der Waals surface area contributed by atoms with Crippen molar-refractivity contribution in [1.29, 1.82) is 0 Å². The molecule has 27 heavy (non-hydrogen) atoms. The first-order valence-electron chi connectivity index (χ1n) is 7.65. The zero-order chi connectivity index (χ0) is 20.2. The average Bonchev–Trinajstić information content (AvgIpc) is 2.62. The van der Waals surface area contributed by atoms with Crippen molar-refractivity contribution >= 4 is 29.2 Å². The maximum atomic E-state index is 13.0. The minimum Gasteiger partial charge on any atom is -0.480 e. The Morgan fingerprint density at radius 1 is 1.15 bits per heavy atom. The SMILES string of the molecule is COC(=O)c1ccc(Cl)c(NC(=O)C(C)Oc2ccccc2C(F)(F)F)c1. The fourth-order valence-corrected chi connectivity index (χ4v) is 2.31. The second kappa shape index (κ2) is 8.30. The van der Waals surface area contributed by atoms with Crippen LogP contribution < -0.4 is 10.1 Å². The van der Waals surface area contributed by atoms with E-state index in [0.717, 1.165) is 12.1 Å². The van der Waals surface area contributed by atoms with Gasteiger partial charge in [-0.15, -0.1) is 0 Å². The molecule has 2 aromatic rings. The monoisotopic (exact) mass is 401 g/mol. The molecule has 0 bridgehead atoms. The molecule has 1 amide bonds. The largest absolute Gasteiger partial charge is 0.480 e. The summed E-state index contributed by atoms with van der Waals surface area (Å²) >= 11 is 5.98. The van der Waals surface area contributed by atoms with Crippen molar-refractivity contribution in [1.82, 2.24) is 0 Å². The highest BCUT2D eigenvalue weighted by atomic mass is 35.5. The van der Waals surface area contributed by atoms with E-state index in [4.69, 9.17) is 16.3 Å². The predicted octanol–water partition coefficient (Wildman–Crippen LogP) is 4.55. The van der Waals surface area contributed by atoms with Crippen LogP contribution in [0.15, 0.2) is 42.5 Å². The maximum Gasteiger partial charge on any atom is 0.419 e. The number of methoxy groups -OCH3 is 1. The fourth-order valence-electron chi connectivity index (χ4n) is 2.15. The van der Waals surface area contributed by atoms with Crippen LogP contribution in [0.1, 0.15) is 22.8 Å². The summed E-state index contributed by atoms with van der Waals surface area (Å²) in [5, 5.41) is 2.56. The number of amides is 1. The predicted molar refractivity (Wildman–Crippen MR) is 93.0 cm³/mol. The van der Waals surface area contributed by atoms with Crippen molar-refractivity contribution in [2.24, 2.45) is 0 Å². The molecule has 1 atom stereocenters. The van der Waals surface area contributed by atoms with E-state index >= 15 is 0 Å². The minimum absolute atomic E-state index is 0.101. The number of halogens is 4. The van der Waals surface area contributed by atoms with E-state index in [9.17, 15) is 22.8 Å². The Bertz CT molecular complexity index is 855. The van der Waals surface area contributed by atoms with Gasteiger partial charge in [0.15, 0.2) is 6.10 Å². The van der Waals surface area contributed by atoms with E-state index in [2.05, 4.69) is 10.1 Å². The number of nitrogens with one attached hydrogen (secondary N) is 1. The number of hydrogen-bond donors (Lipinski definition) is 1. The molecule has 0 fully saturated rings. The summed E-state index contributed by atoms with van der Waals surface area (Å²) < 4.78 is 48.8. The van der Waals surface area contributed by atoms with Gasteiger partial charge in [-0.3, -0.25) is 4.79 Å². The average molecular weight is 402 g/mol. The number of para-hydroxylation sites is 1. The second-order valence-corrected chi connectivity index (χ2v) is 5.84. The van der Waals surface area contributed by atoms with E-state index in [1.54, 1.807) is 0 Å². The molecule has 0 saturated carbocycles. The van der Waals surface area contributed by atoms with Crippen molar-refractivity contribution in [2.45, 2.75) is 19.2 Å². The Hall–Kier alpha value is -2.74. The third-order valence-electron chi connectivity index (χ3n) is 3.51. The molecule has 144 valence electrons. The highest BCUT2D eigenvalue weighted by Crippen LogP contribution is 2.36. The van der Waals surface area contributed by atoms with Gasteiger partial charge in [0.25, 0.3) is 5.91 Å². The van der Waals surface area contributed by atoms with Crippen molar-refractivity contribution in [3.8, 4) is 5.75 Å². The van der Waals surface area contributed by atoms with Crippen LogP contribution in [0.4, 0.5) is 18.9 Å². The number of ether oxygens (including phenoxy) is 2. The van der Waals surface area contributed by atoms with Crippen molar-refractivity contribution in [2.75, 3.05) is 12.4 Å². The van der Waals surface area contributed by atoms with Crippen LogP contribution in [-0.2, 0) is 15.7 Å². The normalized spacial score (nSPS) is 12.2. The van der Waals surface area contributed by atoms with E-state index in [0.29, 0.717) is 0 Å². The highest BCUT2D eigenvalue weighted by Gasteiger charge is 2.34. The second-order valence-electron chi connectivity index (χ2n) is 5.43. The Balaban J connectivity index is 2.17. The molecule has 0 heterocycles. The molecule has 2 rings (SSSR count). The molecule has 0 aromatic heterocycles. The van der Waals surface area contributed by atoms with Gasteiger partial charge in [-0.2, -0.15) is 13.2 Å². The van der Waals surface area contributed by atoms with Gasteiger partial charge in [0.05, 0.1) is 28.9 Å². The van der Waals surface area contributed by atoms with Crippen molar-refractivity contribution in [3.63, 3.8) is 0 Å². The summed E-state index contributed by atoms with van der Waals surface area (Å²) in [6.07, 6.45) is -5.88. The quantitative estimate of drug-likeness (QED) is 0.746. The van der Waals surface area contributed by atoms with Crippen molar-refractivity contribution in [3.05, 3.63) is 58.6 Å². The fraction of sp³-hybridized carbons (Fsp3) is 0.222. The first kappa shape index (κ1) is 20.6. The van der Waals surface area contributed by atoms with E-state index < -0.39 is 35.5 Å². The third-order valence-corrected chi connectivity index (χ3v) is 3.84. The van der Waals surface area contributed by atoms with Gasteiger partial charge in [0.1, 0.15) is 5.75 Å². The van der Waals surface area contributed by atoms with Crippen LogP contribution in [0, 0.1) is 0 Å². The molecule has 5 nitrogen and oxygen atoms in total. The zero-order valence-corrected chi connectivity index (χ0v) is 15.0. The van der Waals surface area contributed by atoms with Gasteiger partial charge in [0.2, 0.25) is 0 Å². The van der Waals surface area contributed by atoms with Gasteiger partial charge in [-0.05, 0) is 37.3 Å². The standard InChI is InChI=1S/C18H15ClF3NO4/c1-10(27-15-6-4-3-5-12(15)18(20,21)22)16(24)23-14-9-11(17(25)26-2)7-8-13(14)19/h3-10H,1-2H3,(H,23,24). The lowest BCUT2D eigenvalue weighted by Crippen LogP contribution is -2.31. The molecule has 1 N–H and O–H groups in total. The number of alkyl halides is 3. The first-order valence-corrected chi connectivity index (χ1v) is 8.03. The van der Waals surface area contributed by atoms with E-state index in [-0.39, 0.29) is 16.3 Å². The molecular formula is C18H15ClF3NO4. The van der Waals surface area contributed by atoms with Crippen LogP contribution in [-0.4, -0.2) is 25.1 Å². The van der Waals surface area contributed by atoms with E-state index in [1.165, 1.54) is 44.4 Å². The molecule has 1 unspecified atom stereocenters. The Morgan fingerprint density at radius 2 is 1.81 bits per heavy atom. The summed E-state index contributed by atoms with van der Waals surface area (Å²) in [5.41, 5.74) is -0.743. The Morgan fingerprint density at radius 3 is 2.44 bits per heavy atom.